The summed E-state index contributed by atoms with van der Waals surface area (Å²) >= 11 is 3.23. The van der Waals surface area contributed by atoms with E-state index >= 15 is 0 Å². The maximum Gasteiger partial charge on any atom is 0.289 e. The van der Waals surface area contributed by atoms with Crippen LogP contribution >= 0.6 is 15.9 Å². The van der Waals surface area contributed by atoms with Crippen LogP contribution in [0.4, 0.5) is 0 Å². The molecule has 0 bridgehead atoms. The monoisotopic (exact) mass is 313 g/mol. The lowest BCUT2D eigenvalue weighted by atomic mass is 9.74. The molecule has 1 fully saturated rings. The minimum absolute atomic E-state index is 0.0153. The van der Waals surface area contributed by atoms with E-state index in [4.69, 9.17) is 4.42 Å². The third kappa shape index (κ3) is 2.63. The zero-order valence-electron chi connectivity index (χ0n) is 11.0. The molecule has 0 saturated carbocycles. The second-order valence-electron chi connectivity index (χ2n) is 5.10. The molecule has 0 N–H and O–H groups in total. The SMILES string of the molecule is CCC1(CC)CCN(C(=O)c2ccc(Br)o2)CC1. The number of piperidine rings is 1. The number of carbonyl (C=O) groups excluding carboxylic acids is 1. The van der Waals surface area contributed by atoms with Crippen molar-refractivity contribution < 1.29 is 9.21 Å². The van der Waals surface area contributed by atoms with Gasteiger partial charge in [0, 0.05) is 13.1 Å². The number of halogens is 1. The fourth-order valence-electron chi connectivity index (χ4n) is 2.73. The highest BCUT2D eigenvalue weighted by molar-refractivity contribution is 9.10. The number of carbonyl (C=O) groups is 1. The zero-order valence-corrected chi connectivity index (χ0v) is 12.6. The lowest BCUT2D eigenvalue weighted by Crippen LogP contribution is -2.42. The van der Waals surface area contributed by atoms with Crippen molar-refractivity contribution in [2.75, 3.05) is 13.1 Å². The van der Waals surface area contributed by atoms with Crippen molar-refractivity contribution in [2.24, 2.45) is 5.41 Å². The van der Waals surface area contributed by atoms with E-state index in [9.17, 15) is 4.79 Å². The highest BCUT2D eigenvalue weighted by atomic mass is 79.9. The van der Waals surface area contributed by atoms with Crippen LogP contribution in [0, 0.1) is 5.41 Å². The summed E-state index contributed by atoms with van der Waals surface area (Å²) in [5, 5.41) is 0. The van der Waals surface area contributed by atoms with E-state index in [0.29, 0.717) is 15.8 Å². The predicted molar refractivity (Wildman–Crippen MR) is 74.6 cm³/mol. The number of rotatable bonds is 3. The smallest absolute Gasteiger partial charge is 0.289 e. The number of furan rings is 1. The first-order chi connectivity index (χ1) is 8.60. The van der Waals surface area contributed by atoms with Crippen molar-refractivity contribution in [1.29, 1.82) is 0 Å². The molecule has 0 aromatic carbocycles. The van der Waals surface area contributed by atoms with E-state index in [1.165, 1.54) is 12.8 Å². The molecule has 0 unspecified atom stereocenters. The van der Waals surface area contributed by atoms with Gasteiger partial charge >= 0.3 is 0 Å². The number of hydrogen-bond donors (Lipinski definition) is 0. The molecule has 0 spiro atoms. The second kappa shape index (κ2) is 5.47. The number of nitrogens with zero attached hydrogens (tertiary/aromatic N) is 1. The molecule has 3 nitrogen and oxygen atoms in total. The summed E-state index contributed by atoms with van der Waals surface area (Å²) in [7, 11) is 0. The summed E-state index contributed by atoms with van der Waals surface area (Å²) in [5.74, 6) is 0.448. The van der Waals surface area contributed by atoms with Gasteiger partial charge in [0.1, 0.15) is 0 Å². The molecule has 2 rings (SSSR count). The number of likely N-dealkylation sites (tertiary alicyclic amines) is 1. The van der Waals surface area contributed by atoms with Crippen LogP contribution in [0.5, 0.6) is 0 Å². The minimum atomic E-state index is 0.0153. The van der Waals surface area contributed by atoms with Crippen molar-refractivity contribution >= 4 is 21.8 Å². The fraction of sp³-hybridized carbons (Fsp3) is 0.643. The summed E-state index contributed by atoms with van der Waals surface area (Å²) in [4.78, 5) is 14.1. The van der Waals surface area contributed by atoms with Gasteiger partial charge in [-0.1, -0.05) is 26.7 Å². The van der Waals surface area contributed by atoms with Gasteiger partial charge in [0.15, 0.2) is 10.4 Å². The summed E-state index contributed by atoms with van der Waals surface area (Å²) in [6, 6.07) is 3.49. The van der Waals surface area contributed by atoms with Gasteiger partial charge in [-0.15, -0.1) is 0 Å². The molecule has 1 aromatic rings. The Hall–Kier alpha value is -0.770. The molecule has 100 valence electrons. The molecule has 0 radical (unpaired) electrons. The van der Waals surface area contributed by atoms with Gasteiger partial charge in [-0.25, -0.2) is 0 Å². The largest absolute Gasteiger partial charge is 0.444 e. The van der Waals surface area contributed by atoms with Crippen LogP contribution in [-0.2, 0) is 0 Å². The van der Waals surface area contributed by atoms with Crippen molar-refractivity contribution in [2.45, 2.75) is 39.5 Å². The van der Waals surface area contributed by atoms with Crippen LogP contribution in [0.1, 0.15) is 50.1 Å². The molecule has 4 heteroatoms. The normalized spacial score (nSPS) is 18.9. The first-order valence-electron chi connectivity index (χ1n) is 6.65. The van der Waals surface area contributed by atoms with Crippen LogP contribution < -0.4 is 0 Å². The molecule has 1 amide bonds. The Morgan fingerprint density at radius 2 is 1.94 bits per heavy atom. The maximum atomic E-state index is 12.2. The van der Waals surface area contributed by atoms with Crippen molar-refractivity contribution in [3.05, 3.63) is 22.6 Å². The molecule has 1 aliphatic rings. The quantitative estimate of drug-likeness (QED) is 0.842. The van der Waals surface area contributed by atoms with Crippen LogP contribution in [0.2, 0.25) is 0 Å². The Kier molecular flexibility index (Phi) is 4.15. The maximum absolute atomic E-state index is 12.2. The highest BCUT2D eigenvalue weighted by Gasteiger charge is 2.33. The molecule has 1 aliphatic heterocycles. The molecular weight excluding hydrogens is 294 g/mol. The van der Waals surface area contributed by atoms with Crippen LogP contribution in [0.15, 0.2) is 21.2 Å². The highest BCUT2D eigenvalue weighted by Crippen LogP contribution is 2.38. The molecule has 0 aliphatic carbocycles. The van der Waals surface area contributed by atoms with E-state index in [1.807, 2.05) is 4.90 Å². The summed E-state index contributed by atoms with van der Waals surface area (Å²) in [6.45, 7) is 6.20. The first kappa shape index (κ1) is 13.7. The van der Waals surface area contributed by atoms with E-state index in [2.05, 4.69) is 29.8 Å². The molecule has 0 atom stereocenters. The molecule has 2 heterocycles. The second-order valence-corrected chi connectivity index (χ2v) is 5.88. The average molecular weight is 314 g/mol. The van der Waals surface area contributed by atoms with Crippen LogP contribution in [0.3, 0.4) is 0 Å². The van der Waals surface area contributed by atoms with E-state index < -0.39 is 0 Å². The average Bonchev–Trinajstić information content (AvgIpc) is 2.85. The third-order valence-corrected chi connectivity index (χ3v) is 4.82. The number of amides is 1. The zero-order chi connectivity index (χ0) is 13.2. The fourth-order valence-corrected chi connectivity index (χ4v) is 3.03. The predicted octanol–water partition coefficient (Wildman–Crippen LogP) is 4.08. The minimum Gasteiger partial charge on any atom is -0.444 e. The molecular formula is C14H20BrNO2. The lowest BCUT2D eigenvalue weighted by molar-refractivity contribution is 0.0528. The first-order valence-corrected chi connectivity index (χ1v) is 7.44. The summed E-state index contributed by atoms with van der Waals surface area (Å²) in [5.41, 5.74) is 0.445. The Bertz CT molecular complexity index is 413. The molecule has 18 heavy (non-hydrogen) atoms. The van der Waals surface area contributed by atoms with Gasteiger partial charge in [-0.2, -0.15) is 0 Å². The topological polar surface area (TPSA) is 33.5 Å². The van der Waals surface area contributed by atoms with Crippen molar-refractivity contribution in [1.82, 2.24) is 4.90 Å². The lowest BCUT2D eigenvalue weighted by Gasteiger charge is -2.40. The number of hydrogen-bond acceptors (Lipinski definition) is 2. The van der Waals surface area contributed by atoms with Gasteiger partial charge in [-0.3, -0.25) is 4.79 Å². The van der Waals surface area contributed by atoms with Crippen molar-refractivity contribution in [3.8, 4) is 0 Å². The Morgan fingerprint density at radius 3 is 2.39 bits per heavy atom. The molecule has 1 aromatic heterocycles. The summed E-state index contributed by atoms with van der Waals surface area (Å²) < 4.78 is 5.94. The van der Waals surface area contributed by atoms with Crippen LogP contribution in [-0.4, -0.2) is 23.9 Å². The Labute approximate surface area is 117 Å². The third-order valence-electron chi connectivity index (χ3n) is 4.40. The van der Waals surface area contributed by atoms with E-state index in [0.717, 1.165) is 25.9 Å². The van der Waals surface area contributed by atoms with Gasteiger partial charge in [0.05, 0.1) is 0 Å². The van der Waals surface area contributed by atoms with Gasteiger partial charge in [0.25, 0.3) is 5.91 Å². The van der Waals surface area contributed by atoms with Gasteiger partial charge < -0.3 is 9.32 Å². The molecule has 1 saturated heterocycles. The standard InChI is InChI=1S/C14H20BrNO2/c1-3-14(4-2)7-9-16(10-8-14)13(17)11-5-6-12(15)18-11/h5-6H,3-4,7-10H2,1-2H3. The van der Waals surface area contributed by atoms with Crippen LogP contribution in [0.25, 0.3) is 0 Å². The Balaban J connectivity index is 1.99. The van der Waals surface area contributed by atoms with Gasteiger partial charge in [-0.05, 0) is 46.3 Å². The summed E-state index contributed by atoms with van der Waals surface area (Å²) in [6.07, 6.45) is 4.62. The van der Waals surface area contributed by atoms with Crippen molar-refractivity contribution in [3.63, 3.8) is 0 Å². The van der Waals surface area contributed by atoms with E-state index in [1.54, 1.807) is 12.1 Å². The van der Waals surface area contributed by atoms with Gasteiger partial charge in [0.2, 0.25) is 0 Å². The van der Waals surface area contributed by atoms with E-state index in [-0.39, 0.29) is 5.91 Å². The Morgan fingerprint density at radius 1 is 1.33 bits per heavy atom.